The second-order valence-electron chi connectivity index (χ2n) is 4.43. The molecule has 0 fully saturated rings. The maximum atomic E-state index is 13.7. The van der Waals surface area contributed by atoms with Gasteiger partial charge in [-0.2, -0.15) is 18.2 Å². The van der Waals surface area contributed by atoms with Crippen LogP contribution in [0.25, 0.3) is 0 Å². The van der Waals surface area contributed by atoms with E-state index in [2.05, 4.69) is 20.6 Å². The minimum Gasteiger partial charge on any atom is -0.398 e. The molecule has 0 aliphatic carbocycles. The Hall–Kier alpha value is -2.91. The minimum atomic E-state index is -4.60. The highest BCUT2D eigenvalue weighted by atomic mass is 19.4. The largest absolute Gasteiger partial charge is 0.421 e. The molecule has 1 heterocycles. The maximum absolute atomic E-state index is 13.7. The first-order chi connectivity index (χ1) is 10.8. The Morgan fingerprint density at radius 3 is 2.52 bits per heavy atom. The average molecular weight is 328 g/mol. The molecule has 1 aromatic heterocycles. The summed E-state index contributed by atoms with van der Waals surface area (Å²) < 4.78 is 52.0. The van der Waals surface area contributed by atoms with Crippen molar-refractivity contribution in [2.75, 3.05) is 23.4 Å². The van der Waals surface area contributed by atoms with Gasteiger partial charge in [0, 0.05) is 30.8 Å². The molecule has 0 saturated carbocycles. The Labute approximate surface area is 128 Å². The first-order valence-electron chi connectivity index (χ1n) is 6.24. The summed E-state index contributed by atoms with van der Waals surface area (Å²) in [6, 6.07) is 2.36. The Bertz CT molecular complexity index is 721. The van der Waals surface area contributed by atoms with Gasteiger partial charge in [-0.15, -0.1) is 0 Å². The van der Waals surface area contributed by atoms with Gasteiger partial charge in [0.05, 0.1) is 5.56 Å². The normalized spacial score (nSPS) is 11.2. The molecule has 122 valence electrons. The number of alkyl halides is 3. The highest BCUT2D eigenvalue weighted by Gasteiger charge is 2.35. The smallest absolute Gasteiger partial charge is 0.398 e. The molecule has 0 atom stereocenters. The van der Waals surface area contributed by atoms with Gasteiger partial charge in [-0.1, -0.05) is 0 Å². The molecule has 2 rings (SSSR count). The Kier molecular flexibility index (Phi) is 4.34. The van der Waals surface area contributed by atoms with Gasteiger partial charge in [-0.25, -0.2) is 9.37 Å². The van der Waals surface area contributed by atoms with E-state index in [1.165, 1.54) is 13.1 Å². The van der Waals surface area contributed by atoms with Crippen LogP contribution in [-0.2, 0) is 6.18 Å². The number of nitrogens with two attached hydrogens (primary N) is 1. The number of nitrogen functional groups attached to an aromatic ring is 1. The van der Waals surface area contributed by atoms with Gasteiger partial charge < -0.3 is 21.8 Å². The molecular formula is C13H12F4N6. The predicted octanol–water partition coefficient (Wildman–Crippen LogP) is 3.00. The number of benzene rings is 1. The van der Waals surface area contributed by atoms with Crippen LogP contribution in [0.1, 0.15) is 11.1 Å². The SMILES string of the molecule is CNc1nc(Nc2cc(N)c(C=N)c(F)c2)ncc1C(F)(F)F. The zero-order valence-corrected chi connectivity index (χ0v) is 11.8. The summed E-state index contributed by atoms with van der Waals surface area (Å²) in [4.78, 5) is 7.25. The number of hydrogen-bond acceptors (Lipinski definition) is 6. The first kappa shape index (κ1) is 16.5. The molecule has 6 nitrogen and oxygen atoms in total. The van der Waals surface area contributed by atoms with Gasteiger partial charge in [-0.3, -0.25) is 0 Å². The van der Waals surface area contributed by atoms with Crippen LogP contribution in [0.15, 0.2) is 18.3 Å². The molecule has 0 aliphatic rings. The van der Waals surface area contributed by atoms with Crippen molar-refractivity contribution >= 4 is 29.4 Å². The molecule has 0 amide bonds. The quantitative estimate of drug-likeness (QED) is 0.393. The number of anilines is 4. The summed E-state index contributed by atoms with van der Waals surface area (Å²) in [5, 5.41) is 11.9. The summed E-state index contributed by atoms with van der Waals surface area (Å²) in [5.74, 6) is -1.33. The Balaban J connectivity index is 2.36. The summed E-state index contributed by atoms with van der Waals surface area (Å²) in [7, 11) is 1.29. The van der Waals surface area contributed by atoms with Crippen molar-refractivity contribution < 1.29 is 17.6 Å². The molecule has 0 spiro atoms. The molecule has 2 aromatic rings. The van der Waals surface area contributed by atoms with Crippen LogP contribution >= 0.6 is 0 Å². The van der Waals surface area contributed by atoms with E-state index in [0.717, 1.165) is 12.3 Å². The standard InChI is InChI=1S/C13H12F4N6/c1-20-11-8(13(15,16)17)5-21-12(23-11)22-6-2-9(14)7(4-18)10(19)3-6/h2-5,18H,19H2,1H3,(H2,20,21,22,23). The van der Waals surface area contributed by atoms with E-state index in [4.69, 9.17) is 11.1 Å². The van der Waals surface area contributed by atoms with E-state index in [9.17, 15) is 17.6 Å². The third kappa shape index (κ3) is 3.47. The van der Waals surface area contributed by atoms with Crippen molar-refractivity contribution in [1.29, 1.82) is 5.41 Å². The fraction of sp³-hybridized carbons (Fsp3) is 0.154. The topological polar surface area (TPSA) is 99.7 Å². The second kappa shape index (κ2) is 6.07. The molecule has 0 aliphatic heterocycles. The predicted molar refractivity (Wildman–Crippen MR) is 78.6 cm³/mol. The zero-order valence-electron chi connectivity index (χ0n) is 11.8. The molecule has 0 radical (unpaired) electrons. The van der Waals surface area contributed by atoms with Crippen LogP contribution in [0.3, 0.4) is 0 Å². The lowest BCUT2D eigenvalue weighted by Crippen LogP contribution is -2.12. The van der Waals surface area contributed by atoms with Crippen LogP contribution < -0.4 is 16.4 Å². The van der Waals surface area contributed by atoms with Gasteiger partial charge >= 0.3 is 6.18 Å². The molecule has 5 N–H and O–H groups in total. The van der Waals surface area contributed by atoms with Gasteiger partial charge in [0.2, 0.25) is 5.95 Å². The number of hydrogen-bond donors (Lipinski definition) is 4. The lowest BCUT2D eigenvalue weighted by Gasteiger charge is -2.13. The Morgan fingerprint density at radius 1 is 1.30 bits per heavy atom. The van der Waals surface area contributed by atoms with Crippen molar-refractivity contribution in [3.05, 3.63) is 35.3 Å². The van der Waals surface area contributed by atoms with Crippen LogP contribution in [0.4, 0.5) is 40.7 Å². The molecule has 0 unspecified atom stereocenters. The van der Waals surface area contributed by atoms with E-state index in [-0.39, 0.29) is 22.9 Å². The molecular weight excluding hydrogens is 316 g/mol. The Morgan fingerprint density at radius 2 is 2.00 bits per heavy atom. The van der Waals surface area contributed by atoms with Crippen molar-refractivity contribution in [2.24, 2.45) is 0 Å². The van der Waals surface area contributed by atoms with Crippen LogP contribution in [0.5, 0.6) is 0 Å². The van der Waals surface area contributed by atoms with Crippen LogP contribution in [0, 0.1) is 11.2 Å². The fourth-order valence-corrected chi connectivity index (χ4v) is 1.83. The second-order valence-corrected chi connectivity index (χ2v) is 4.43. The summed E-state index contributed by atoms with van der Waals surface area (Å²) >= 11 is 0. The van der Waals surface area contributed by atoms with Gasteiger partial charge in [0.15, 0.2) is 0 Å². The lowest BCUT2D eigenvalue weighted by atomic mass is 10.1. The van der Waals surface area contributed by atoms with Gasteiger partial charge in [0.25, 0.3) is 0 Å². The van der Waals surface area contributed by atoms with E-state index < -0.39 is 23.4 Å². The minimum absolute atomic E-state index is 0.00301. The average Bonchev–Trinajstić information content (AvgIpc) is 2.45. The summed E-state index contributed by atoms with van der Waals surface area (Å²) in [6.45, 7) is 0. The third-order valence-electron chi connectivity index (χ3n) is 2.89. The van der Waals surface area contributed by atoms with Crippen LogP contribution in [0.2, 0.25) is 0 Å². The molecule has 23 heavy (non-hydrogen) atoms. The van der Waals surface area contributed by atoms with E-state index in [1.807, 2.05) is 0 Å². The summed E-state index contributed by atoms with van der Waals surface area (Å²) in [6.07, 6.45) is -3.21. The molecule has 0 bridgehead atoms. The number of nitrogens with one attached hydrogen (secondary N) is 3. The number of halogens is 4. The first-order valence-corrected chi connectivity index (χ1v) is 6.24. The van der Waals surface area contributed by atoms with Gasteiger partial charge in [-0.05, 0) is 12.1 Å². The molecule has 0 saturated heterocycles. The van der Waals surface area contributed by atoms with E-state index in [0.29, 0.717) is 6.20 Å². The van der Waals surface area contributed by atoms with Crippen molar-refractivity contribution in [1.82, 2.24) is 9.97 Å². The van der Waals surface area contributed by atoms with E-state index in [1.54, 1.807) is 0 Å². The van der Waals surface area contributed by atoms with E-state index >= 15 is 0 Å². The molecule has 10 heteroatoms. The number of rotatable bonds is 4. The maximum Gasteiger partial charge on any atom is 0.421 e. The molecule has 1 aromatic carbocycles. The van der Waals surface area contributed by atoms with Crippen molar-refractivity contribution in [3.63, 3.8) is 0 Å². The monoisotopic (exact) mass is 328 g/mol. The number of nitrogens with zero attached hydrogens (tertiary/aromatic N) is 2. The summed E-state index contributed by atoms with van der Waals surface area (Å²) in [5.41, 5.74) is 4.64. The van der Waals surface area contributed by atoms with Crippen molar-refractivity contribution in [3.8, 4) is 0 Å². The fourth-order valence-electron chi connectivity index (χ4n) is 1.83. The third-order valence-corrected chi connectivity index (χ3v) is 2.89. The zero-order chi connectivity index (χ0) is 17.2. The van der Waals surface area contributed by atoms with Gasteiger partial charge in [0.1, 0.15) is 17.2 Å². The number of aromatic nitrogens is 2. The van der Waals surface area contributed by atoms with Crippen LogP contribution in [-0.4, -0.2) is 23.2 Å². The van der Waals surface area contributed by atoms with Crippen molar-refractivity contribution in [2.45, 2.75) is 6.18 Å². The highest BCUT2D eigenvalue weighted by molar-refractivity contribution is 5.87. The lowest BCUT2D eigenvalue weighted by molar-refractivity contribution is -0.137. The highest BCUT2D eigenvalue weighted by Crippen LogP contribution is 2.34.